The smallest absolute Gasteiger partial charge is 0.244 e. The highest BCUT2D eigenvalue weighted by Crippen LogP contribution is 2.56. The summed E-state index contributed by atoms with van der Waals surface area (Å²) in [6, 6.07) is -2.97. The Balaban J connectivity index is 2.04. The predicted octanol–water partition coefficient (Wildman–Crippen LogP) is 1.68. The lowest BCUT2D eigenvalue weighted by Crippen LogP contribution is -2.59. The molecule has 15 heteroatoms. The maximum absolute atomic E-state index is 13.5. The molecule has 1 heterocycles. The van der Waals surface area contributed by atoms with Crippen LogP contribution < -0.4 is 32.7 Å². The highest BCUT2D eigenvalue weighted by molar-refractivity contribution is 8.09. The van der Waals surface area contributed by atoms with Gasteiger partial charge in [0, 0.05) is 13.6 Å². The molecule has 1 aliphatic carbocycles. The SMILES string of the molecule is CCCCCC[C@@H](OCNC(=O)C(CC(N)=O)NC(=O)C(CN)NC(=O)C(NC)C1CCCCCC1)C(C)C(=O)N(C)C1SC1(C=O)CCC. The Morgan fingerprint density at radius 1 is 0.960 bits per heavy atom. The summed E-state index contributed by atoms with van der Waals surface area (Å²) in [6.45, 7) is 5.40. The van der Waals surface area contributed by atoms with Crippen LogP contribution in [0.3, 0.4) is 0 Å². The third-order valence-corrected chi connectivity index (χ3v) is 11.6. The number of nitrogens with one attached hydrogen (secondary N) is 4. The fourth-order valence-electron chi connectivity index (χ4n) is 6.89. The van der Waals surface area contributed by atoms with Gasteiger partial charge in [-0.15, -0.1) is 11.8 Å². The van der Waals surface area contributed by atoms with Crippen molar-refractivity contribution in [2.75, 3.05) is 27.4 Å². The zero-order valence-corrected chi connectivity index (χ0v) is 31.6. The van der Waals surface area contributed by atoms with Crippen LogP contribution in [0.15, 0.2) is 0 Å². The second kappa shape index (κ2) is 22.2. The number of amides is 5. The van der Waals surface area contributed by atoms with Gasteiger partial charge in [0.25, 0.3) is 0 Å². The lowest BCUT2D eigenvalue weighted by atomic mass is 9.91. The highest BCUT2D eigenvalue weighted by atomic mass is 32.2. The van der Waals surface area contributed by atoms with E-state index in [9.17, 15) is 28.8 Å². The summed E-state index contributed by atoms with van der Waals surface area (Å²) in [4.78, 5) is 78.6. The van der Waals surface area contributed by atoms with E-state index in [1.54, 1.807) is 25.9 Å². The largest absolute Gasteiger partial charge is 0.370 e. The van der Waals surface area contributed by atoms with Crippen LogP contribution in [0.25, 0.3) is 0 Å². The first-order chi connectivity index (χ1) is 23.9. The number of carbonyl (C=O) groups excluding carboxylic acids is 6. The third-order valence-electron chi connectivity index (χ3n) is 9.94. The van der Waals surface area contributed by atoms with Gasteiger partial charge in [-0.25, -0.2) is 0 Å². The van der Waals surface area contributed by atoms with Crippen molar-refractivity contribution in [2.45, 2.75) is 145 Å². The fraction of sp³-hybridized carbons (Fsp3) is 0.829. The van der Waals surface area contributed by atoms with E-state index in [1.807, 2.05) is 6.92 Å². The number of likely N-dealkylation sites (N-methyl/N-ethyl adjacent to an activating group) is 1. The Kier molecular flexibility index (Phi) is 19.3. The van der Waals surface area contributed by atoms with Crippen LogP contribution in [0.1, 0.15) is 111 Å². The molecule has 1 aliphatic heterocycles. The summed E-state index contributed by atoms with van der Waals surface area (Å²) in [6.07, 6.45) is 12.1. The number of ether oxygens (including phenoxy) is 1. The van der Waals surface area contributed by atoms with E-state index in [0.29, 0.717) is 12.8 Å². The molecule has 0 aromatic rings. The highest BCUT2D eigenvalue weighted by Gasteiger charge is 2.58. The molecule has 0 bridgehead atoms. The second-order valence-corrected chi connectivity index (χ2v) is 15.3. The van der Waals surface area contributed by atoms with E-state index in [1.165, 1.54) is 11.8 Å². The first-order valence-electron chi connectivity index (χ1n) is 18.5. The van der Waals surface area contributed by atoms with E-state index in [0.717, 1.165) is 76.9 Å². The summed E-state index contributed by atoms with van der Waals surface area (Å²) < 4.78 is 5.50. The number of carbonyl (C=O) groups is 6. The summed E-state index contributed by atoms with van der Waals surface area (Å²) in [5.74, 6) is -3.17. The number of nitrogens with two attached hydrogens (primary N) is 2. The molecule has 2 rings (SSSR count). The van der Waals surface area contributed by atoms with Gasteiger partial charge in [0.05, 0.1) is 29.9 Å². The minimum absolute atomic E-state index is 0.129. The van der Waals surface area contributed by atoms with Crippen LogP contribution >= 0.6 is 11.8 Å². The second-order valence-electron chi connectivity index (χ2n) is 13.8. The molecule has 0 spiro atoms. The fourth-order valence-corrected chi connectivity index (χ4v) is 8.21. The molecule has 2 fully saturated rings. The summed E-state index contributed by atoms with van der Waals surface area (Å²) >= 11 is 1.48. The molecule has 7 atom stereocenters. The summed E-state index contributed by atoms with van der Waals surface area (Å²) in [5, 5.41) is 10.7. The number of rotatable bonds is 24. The van der Waals surface area contributed by atoms with E-state index in [4.69, 9.17) is 16.2 Å². The Morgan fingerprint density at radius 2 is 1.62 bits per heavy atom. The molecule has 50 heavy (non-hydrogen) atoms. The van der Waals surface area contributed by atoms with Gasteiger partial charge in [-0.2, -0.15) is 0 Å². The van der Waals surface area contributed by atoms with Crippen molar-refractivity contribution in [1.29, 1.82) is 0 Å². The molecule has 6 unspecified atom stereocenters. The molecule has 5 amide bonds. The standard InChI is InChI=1S/C35H63N7O7S/c1-6-8-9-14-17-27(23(3)33(48)42(5)34-35(21-43,50-34)18-7-2)49-22-39-30(45)25(19-28(37)44)40-31(46)26(20-36)41-32(47)29(38-4)24-15-12-10-11-13-16-24/h21,23-27,29,34,38H,6-20,22,36H2,1-5H3,(H2,37,44)(H,39,45)(H,40,46)(H,41,47)/t23?,25?,26?,27-,29?,34?,35?/m1/s1. The molecular formula is C35H63N7O7S. The van der Waals surface area contributed by atoms with Crippen LogP contribution in [0.4, 0.5) is 0 Å². The topological polar surface area (TPSA) is 215 Å². The van der Waals surface area contributed by atoms with E-state index in [-0.39, 0.29) is 36.4 Å². The average Bonchev–Trinajstić information content (AvgIpc) is 3.87. The Hall–Kier alpha value is -2.75. The molecule has 14 nitrogen and oxygen atoms in total. The van der Waals surface area contributed by atoms with Gasteiger partial charge in [-0.3, -0.25) is 24.0 Å². The first kappa shape index (κ1) is 43.4. The molecule has 8 N–H and O–H groups in total. The maximum Gasteiger partial charge on any atom is 0.244 e. The molecule has 1 saturated carbocycles. The van der Waals surface area contributed by atoms with Gasteiger partial charge in [0.2, 0.25) is 29.5 Å². The molecule has 0 aromatic carbocycles. The summed E-state index contributed by atoms with van der Waals surface area (Å²) in [5.41, 5.74) is 11.3. The predicted molar refractivity (Wildman–Crippen MR) is 194 cm³/mol. The van der Waals surface area contributed by atoms with Crippen molar-refractivity contribution in [1.82, 2.24) is 26.2 Å². The third kappa shape index (κ3) is 13.1. The Labute approximate surface area is 302 Å². The zero-order chi connectivity index (χ0) is 37.3. The Bertz CT molecular complexity index is 1120. The molecule has 2 aliphatic rings. The molecule has 286 valence electrons. The molecule has 1 saturated heterocycles. The lowest BCUT2D eigenvalue weighted by Gasteiger charge is -2.29. The number of thioether (sulfide) groups is 1. The minimum atomic E-state index is -1.34. The van der Waals surface area contributed by atoms with Crippen molar-refractivity contribution >= 4 is 47.6 Å². The van der Waals surface area contributed by atoms with Crippen LogP contribution in [-0.2, 0) is 33.5 Å². The normalized spacial score (nSPS) is 22.2. The van der Waals surface area contributed by atoms with Gasteiger partial charge < -0.3 is 47.2 Å². The van der Waals surface area contributed by atoms with Crippen LogP contribution in [0.2, 0.25) is 0 Å². The Morgan fingerprint density at radius 3 is 2.18 bits per heavy atom. The minimum Gasteiger partial charge on any atom is -0.370 e. The lowest BCUT2D eigenvalue weighted by molar-refractivity contribution is -0.141. The van der Waals surface area contributed by atoms with Crippen molar-refractivity contribution in [3.8, 4) is 0 Å². The van der Waals surface area contributed by atoms with E-state index >= 15 is 0 Å². The van der Waals surface area contributed by atoms with Gasteiger partial charge in [0.15, 0.2) is 0 Å². The van der Waals surface area contributed by atoms with Crippen LogP contribution in [-0.4, -0.2) is 102 Å². The quantitative estimate of drug-likeness (QED) is 0.0278. The molecule has 0 radical (unpaired) electrons. The van der Waals surface area contributed by atoms with E-state index in [2.05, 4.69) is 28.2 Å². The molecule has 0 aromatic heterocycles. The maximum atomic E-state index is 13.5. The van der Waals surface area contributed by atoms with Crippen molar-refractivity contribution in [2.24, 2.45) is 23.3 Å². The first-order valence-corrected chi connectivity index (χ1v) is 19.3. The number of primary amides is 1. The van der Waals surface area contributed by atoms with Gasteiger partial charge >= 0.3 is 0 Å². The number of aldehydes is 1. The molecular weight excluding hydrogens is 662 g/mol. The van der Waals surface area contributed by atoms with Crippen LogP contribution in [0.5, 0.6) is 0 Å². The number of hydrogen-bond acceptors (Lipinski definition) is 10. The van der Waals surface area contributed by atoms with Crippen molar-refractivity contribution in [3.63, 3.8) is 0 Å². The monoisotopic (exact) mass is 725 g/mol. The number of hydrogen-bond donors (Lipinski definition) is 6. The number of unbranched alkanes of at least 4 members (excludes halogenated alkanes) is 3. The summed E-state index contributed by atoms with van der Waals surface area (Å²) in [7, 11) is 3.42. The zero-order valence-electron chi connectivity index (χ0n) is 30.8. The van der Waals surface area contributed by atoms with Crippen molar-refractivity contribution in [3.05, 3.63) is 0 Å². The van der Waals surface area contributed by atoms with Crippen LogP contribution in [0, 0.1) is 11.8 Å². The van der Waals surface area contributed by atoms with Gasteiger partial charge in [-0.05, 0) is 38.6 Å². The van der Waals surface area contributed by atoms with Crippen molar-refractivity contribution < 1.29 is 33.5 Å². The van der Waals surface area contributed by atoms with Gasteiger partial charge in [0.1, 0.15) is 29.8 Å². The number of nitrogens with zero attached hydrogens (tertiary/aromatic N) is 1. The van der Waals surface area contributed by atoms with Gasteiger partial charge in [-0.1, -0.05) is 78.6 Å². The average molecular weight is 726 g/mol. The van der Waals surface area contributed by atoms with E-state index < -0.39 is 59.0 Å².